The van der Waals surface area contributed by atoms with Crippen LogP contribution in [-0.4, -0.2) is 29.0 Å². The van der Waals surface area contributed by atoms with Crippen LogP contribution in [-0.2, 0) is 0 Å². The molecule has 1 aliphatic heterocycles. The molecular formula is C12H10LiN3O2. The van der Waals surface area contributed by atoms with Crippen LogP contribution >= 0.6 is 0 Å². The molecule has 1 fully saturated rings. The molecule has 1 aliphatic rings. The molecule has 3 heterocycles. The standard InChI is InChI=1S/C12H11N3O2.Li/c16-12(17)9-4-8-6-14-11(15-2-1-3-15)5-10(8)13-7-9;/h4-7H,1-3H2,(H,16,17);/q;+1/p-1. The van der Waals surface area contributed by atoms with Gasteiger partial charge in [-0.3, -0.25) is 4.98 Å². The second-order valence-electron chi connectivity index (χ2n) is 4.09. The number of carbonyl (C=O) groups is 1. The van der Waals surface area contributed by atoms with Crippen molar-refractivity contribution >= 4 is 22.7 Å². The molecule has 0 amide bonds. The Morgan fingerprint density at radius 3 is 2.61 bits per heavy atom. The zero-order valence-electron chi connectivity index (χ0n) is 10.1. The number of pyridine rings is 2. The predicted molar refractivity (Wildman–Crippen MR) is 60.7 cm³/mol. The van der Waals surface area contributed by atoms with E-state index in [1.165, 1.54) is 18.7 Å². The minimum Gasteiger partial charge on any atom is -0.545 e. The van der Waals surface area contributed by atoms with Gasteiger partial charge in [-0.1, -0.05) is 0 Å². The van der Waals surface area contributed by atoms with E-state index < -0.39 is 5.97 Å². The van der Waals surface area contributed by atoms with Crippen LogP contribution in [0.3, 0.4) is 0 Å². The Bertz CT molecular complexity index is 599. The summed E-state index contributed by atoms with van der Waals surface area (Å²) in [5.74, 6) is -0.316. The van der Waals surface area contributed by atoms with Crippen LogP contribution in [0, 0.1) is 0 Å². The molecule has 18 heavy (non-hydrogen) atoms. The summed E-state index contributed by atoms with van der Waals surface area (Å²) < 4.78 is 0. The Kier molecular flexibility index (Phi) is 3.55. The molecule has 0 radical (unpaired) electrons. The fraction of sp³-hybridized carbons (Fsp3) is 0.250. The normalized spacial score (nSPS) is 13.9. The summed E-state index contributed by atoms with van der Waals surface area (Å²) in [7, 11) is 0. The van der Waals surface area contributed by atoms with Crippen LogP contribution in [0.25, 0.3) is 10.9 Å². The monoisotopic (exact) mass is 235 g/mol. The van der Waals surface area contributed by atoms with Gasteiger partial charge in [0.15, 0.2) is 0 Å². The first-order valence-corrected chi connectivity index (χ1v) is 5.46. The number of hydrogen-bond acceptors (Lipinski definition) is 5. The number of carboxylic acids is 1. The Hall–Kier alpha value is -1.57. The molecule has 2 aromatic rings. The molecule has 2 aromatic heterocycles. The smallest absolute Gasteiger partial charge is 0.545 e. The van der Waals surface area contributed by atoms with Crippen LogP contribution in [0.4, 0.5) is 5.82 Å². The Labute approximate surface area is 116 Å². The Balaban J connectivity index is 0.00000120. The minimum atomic E-state index is -1.22. The van der Waals surface area contributed by atoms with Crippen molar-refractivity contribution in [3.63, 3.8) is 0 Å². The number of aromatic carboxylic acids is 1. The number of carbonyl (C=O) groups excluding carboxylic acids is 1. The molecule has 5 nitrogen and oxygen atoms in total. The zero-order valence-corrected chi connectivity index (χ0v) is 10.1. The molecule has 0 aromatic carbocycles. The van der Waals surface area contributed by atoms with Crippen LogP contribution in [0.1, 0.15) is 16.8 Å². The van der Waals surface area contributed by atoms with E-state index in [4.69, 9.17) is 0 Å². The van der Waals surface area contributed by atoms with E-state index in [1.807, 2.05) is 6.07 Å². The maximum absolute atomic E-state index is 10.7. The van der Waals surface area contributed by atoms with E-state index in [9.17, 15) is 9.90 Å². The number of rotatable bonds is 2. The average molecular weight is 235 g/mol. The first-order valence-electron chi connectivity index (χ1n) is 5.46. The molecule has 0 saturated carbocycles. The van der Waals surface area contributed by atoms with E-state index in [1.54, 1.807) is 6.20 Å². The molecule has 86 valence electrons. The van der Waals surface area contributed by atoms with E-state index in [0.29, 0.717) is 0 Å². The summed E-state index contributed by atoms with van der Waals surface area (Å²) >= 11 is 0. The molecule has 0 atom stereocenters. The summed E-state index contributed by atoms with van der Waals surface area (Å²) in [5.41, 5.74) is 0.836. The third kappa shape index (κ3) is 2.19. The maximum Gasteiger partial charge on any atom is 1.00 e. The molecule has 0 unspecified atom stereocenters. The third-order valence-corrected chi connectivity index (χ3v) is 2.97. The van der Waals surface area contributed by atoms with Crippen molar-refractivity contribution in [1.29, 1.82) is 0 Å². The van der Waals surface area contributed by atoms with Crippen molar-refractivity contribution in [2.75, 3.05) is 18.0 Å². The molecule has 0 bridgehead atoms. The van der Waals surface area contributed by atoms with E-state index in [2.05, 4.69) is 14.9 Å². The van der Waals surface area contributed by atoms with Gasteiger partial charge in [0.25, 0.3) is 0 Å². The van der Waals surface area contributed by atoms with Crippen LogP contribution < -0.4 is 28.9 Å². The molecular weight excluding hydrogens is 225 g/mol. The Morgan fingerprint density at radius 2 is 2.00 bits per heavy atom. The number of carboxylic acid groups (broad SMARTS) is 1. The number of anilines is 1. The number of hydrogen-bond donors (Lipinski definition) is 0. The first kappa shape index (κ1) is 12.9. The van der Waals surface area contributed by atoms with Crippen molar-refractivity contribution in [2.24, 2.45) is 0 Å². The molecule has 6 heteroatoms. The summed E-state index contributed by atoms with van der Waals surface area (Å²) in [6.07, 6.45) is 4.16. The quantitative estimate of drug-likeness (QED) is 0.526. The predicted octanol–water partition coefficient (Wildman–Crippen LogP) is -2.79. The van der Waals surface area contributed by atoms with Gasteiger partial charge < -0.3 is 14.8 Å². The van der Waals surface area contributed by atoms with Crippen molar-refractivity contribution in [3.05, 3.63) is 30.1 Å². The number of fused-ring (bicyclic) bond motifs is 1. The van der Waals surface area contributed by atoms with Gasteiger partial charge in [0, 0.05) is 42.5 Å². The van der Waals surface area contributed by atoms with Crippen molar-refractivity contribution in [1.82, 2.24) is 9.97 Å². The largest absolute Gasteiger partial charge is 1.00 e. The summed E-state index contributed by atoms with van der Waals surface area (Å²) in [6, 6.07) is 3.41. The van der Waals surface area contributed by atoms with Gasteiger partial charge in [-0.2, -0.15) is 0 Å². The van der Waals surface area contributed by atoms with Gasteiger partial charge in [0.2, 0.25) is 0 Å². The third-order valence-electron chi connectivity index (χ3n) is 2.97. The van der Waals surface area contributed by atoms with Crippen LogP contribution in [0.2, 0.25) is 0 Å². The van der Waals surface area contributed by atoms with E-state index in [0.717, 1.165) is 29.8 Å². The topological polar surface area (TPSA) is 69.2 Å². The average Bonchev–Trinajstić information content (AvgIpc) is 2.26. The summed E-state index contributed by atoms with van der Waals surface area (Å²) in [6.45, 7) is 2.05. The van der Waals surface area contributed by atoms with Gasteiger partial charge in [-0.15, -0.1) is 0 Å². The number of aromatic nitrogens is 2. The van der Waals surface area contributed by atoms with Crippen LogP contribution in [0.5, 0.6) is 0 Å². The second kappa shape index (κ2) is 4.97. The van der Waals surface area contributed by atoms with Crippen LogP contribution in [0.15, 0.2) is 24.5 Å². The van der Waals surface area contributed by atoms with E-state index in [-0.39, 0.29) is 24.4 Å². The van der Waals surface area contributed by atoms with Crippen molar-refractivity contribution < 1.29 is 28.8 Å². The SMILES string of the molecule is O=C([O-])c1cnc2cc(N3CCC3)ncc2c1.[Li+]. The maximum atomic E-state index is 10.7. The minimum absolute atomic E-state index is 0. The molecule has 0 N–H and O–H groups in total. The molecule has 1 saturated heterocycles. The number of nitrogens with zero attached hydrogens (tertiary/aromatic N) is 3. The Morgan fingerprint density at radius 1 is 1.22 bits per heavy atom. The van der Waals surface area contributed by atoms with Gasteiger partial charge in [0.1, 0.15) is 5.82 Å². The molecule has 3 rings (SSSR count). The van der Waals surface area contributed by atoms with Gasteiger partial charge in [0.05, 0.1) is 11.5 Å². The fourth-order valence-corrected chi connectivity index (χ4v) is 1.84. The van der Waals surface area contributed by atoms with Crippen molar-refractivity contribution in [2.45, 2.75) is 6.42 Å². The van der Waals surface area contributed by atoms with Gasteiger partial charge in [-0.05, 0) is 12.5 Å². The fourth-order valence-electron chi connectivity index (χ4n) is 1.84. The zero-order chi connectivity index (χ0) is 11.8. The van der Waals surface area contributed by atoms with Gasteiger partial charge >= 0.3 is 18.9 Å². The van der Waals surface area contributed by atoms with Gasteiger partial charge in [-0.25, -0.2) is 4.98 Å². The first-order chi connectivity index (χ1) is 8.24. The second-order valence-corrected chi connectivity index (χ2v) is 4.09. The summed E-state index contributed by atoms with van der Waals surface area (Å²) in [5, 5.41) is 11.4. The molecule has 0 aliphatic carbocycles. The summed E-state index contributed by atoms with van der Waals surface area (Å²) in [4.78, 5) is 21.3. The van der Waals surface area contributed by atoms with E-state index >= 15 is 0 Å². The molecule has 0 spiro atoms. The van der Waals surface area contributed by atoms with Crippen molar-refractivity contribution in [3.8, 4) is 0 Å².